The van der Waals surface area contributed by atoms with Crippen molar-refractivity contribution in [3.05, 3.63) is 35.1 Å². The van der Waals surface area contributed by atoms with Crippen LogP contribution in [0.15, 0.2) is 16.7 Å². The molecule has 208 valence electrons. The number of nitrogens with zero attached hydrogens (tertiary/aromatic N) is 5. The molecule has 3 aromatic rings. The van der Waals surface area contributed by atoms with E-state index in [1.165, 1.54) is 11.1 Å². The average molecular weight is 550 g/mol. The van der Waals surface area contributed by atoms with Gasteiger partial charge in [0.2, 0.25) is 5.89 Å². The molecule has 12 nitrogen and oxygen atoms in total. The lowest BCUT2D eigenvalue weighted by atomic mass is 9.90. The Morgan fingerprint density at radius 2 is 2.00 bits per heavy atom. The molecular formula is C27H28FN7O5. The van der Waals surface area contributed by atoms with Crippen LogP contribution in [0.25, 0.3) is 11.1 Å². The number of anilines is 2. The van der Waals surface area contributed by atoms with Crippen LogP contribution in [-0.4, -0.2) is 83.3 Å². The Labute approximate surface area is 228 Å². The van der Waals surface area contributed by atoms with Gasteiger partial charge in [0.05, 0.1) is 18.7 Å². The summed E-state index contributed by atoms with van der Waals surface area (Å²) in [6.45, 7) is 4.30. The van der Waals surface area contributed by atoms with E-state index in [2.05, 4.69) is 30.5 Å². The zero-order chi connectivity index (χ0) is 27.0. The number of piperidine rings is 1. The van der Waals surface area contributed by atoms with Crippen molar-refractivity contribution in [2.24, 2.45) is 5.92 Å². The maximum absolute atomic E-state index is 15.4. The normalized spacial score (nSPS) is 24.0. The number of rotatable bonds is 4. The van der Waals surface area contributed by atoms with E-state index in [0.29, 0.717) is 49.0 Å². The zero-order valence-corrected chi connectivity index (χ0v) is 21.7. The van der Waals surface area contributed by atoms with Gasteiger partial charge in [-0.25, -0.2) is 24.1 Å². The Bertz CT molecular complexity index is 1550. The van der Waals surface area contributed by atoms with E-state index in [9.17, 15) is 9.59 Å². The number of hydrogen-bond acceptors (Lipinski definition) is 10. The Morgan fingerprint density at radius 3 is 2.80 bits per heavy atom. The highest BCUT2D eigenvalue weighted by molar-refractivity contribution is 5.94. The number of aromatic nitrogens is 3. The van der Waals surface area contributed by atoms with E-state index in [1.54, 1.807) is 0 Å². The number of fused-ring (bicyclic) bond motifs is 3. The maximum Gasteiger partial charge on any atom is 0.416 e. The summed E-state index contributed by atoms with van der Waals surface area (Å²) in [5, 5.41) is 5.82. The molecule has 1 aliphatic carbocycles. The third-order valence-electron chi connectivity index (χ3n) is 8.82. The SMILES string of the molecule is O=C1COc2ncc(N3CC4(CCN(CC5Cc6cc7nc(C8CNC8)oc7c(F)c6C5)CC4)OC3=O)nc2N1. The van der Waals surface area contributed by atoms with Crippen LogP contribution < -0.4 is 20.3 Å². The summed E-state index contributed by atoms with van der Waals surface area (Å²) in [5.41, 5.74) is 2.09. The number of halogens is 1. The van der Waals surface area contributed by atoms with Crippen molar-refractivity contribution in [3.63, 3.8) is 0 Å². The molecule has 3 saturated heterocycles. The lowest BCUT2D eigenvalue weighted by molar-refractivity contribution is -0.118. The predicted octanol–water partition coefficient (Wildman–Crippen LogP) is 1.98. The molecular weight excluding hydrogens is 521 g/mol. The van der Waals surface area contributed by atoms with E-state index in [-0.39, 0.29) is 41.5 Å². The minimum Gasteiger partial charge on any atom is -0.465 e. The monoisotopic (exact) mass is 549 g/mol. The molecule has 2 N–H and O–H groups in total. The molecule has 1 unspecified atom stereocenters. The molecule has 1 aromatic carbocycles. The van der Waals surface area contributed by atoms with Gasteiger partial charge >= 0.3 is 6.09 Å². The smallest absolute Gasteiger partial charge is 0.416 e. The Morgan fingerprint density at radius 1 is 1.15 bits per heavy atom. The summed E-state index contributed by atoms with van der Waals surface area (Å²) in [6.07, 6.45) is 3.87. The second-order valence-electron chi connectivity index (χ2n) is 11.5. The Balaban J connectivity index is 0.905. The first kappa shape index (κ1) is 24.0. The number of amides is 2. The van der Waals surface area contributed by atoms with Crippen molar-refractivity contribution in [1.29, 1.82) is 0 Å². The van der Waals surface area contributed by atoms with Crippen LogP contribution in [0.3, 0.4) is 0 Å². The van der Waals surface area contributed by atoms with Crippen LogP contribution in [0.2, 0.25) is 0 Å². The van der Waals surface area contributed by atoms with E-state index in [1.807, 2.05) is 6.07 Å². The first-order valence-electron chi connectivity index (χ1n) is 13.8. The van der Waals surface area contributed by atoms with Crippen molar-refractivity contribution in [3.8, 4) is 5.88 Å². The van der Waals surface area contributed by atoms with Crippen LogP contribution in [0.5, 0.6) is 5.88 Å². The molecule has 1 atom stereocenters. The van der Waals surface area contributed by atoms with Crippen LogP contribution in [0, 0.1) is 11.7 Å². The number of oxazole rings is 1. The number of nitrogens with one attached hydrogen (secondary N) is 2. The fourth-order valence-corrected chi connectivity index (χ4v) is 6.53. The molecule has 3 fully saturated rings. The molecule has 40 heavy (non-hydrogen) atoms. The quantitative estimate of drug-likeness (QED) is 0.497. The van der Waals surface area contributed by atoms with Crippen molar-refractivity contribution < 1.29 is 27.9 Å². The van der Waals surface area contributed by atoms with Gasteiger partial charge in [-0.15, -0.1) is 0 Å². The number of benzene rings is 1. The minimum absolute atomic E-state index is 0.112. The Hall–Kier alpha value is -3.84. The van der Waals surface area contributed by atoms with Crippen molar-refractivity contribution in [2.75, 3.05) is 56.1 Å². The van der Waals surface area contributed by atoms with Gasteiger partial charge in [-0.1, -0.05) is 0 Å². The second kappa shape index (κ2) is 8.83. The van der Waals surface area contributed by atoms with Crippen LogP contribution in [-0.2, 0) is 22.4 Å². The molecule has 0 bridgehead atoms. The molecule has 0 saturated carbocycles. The Kier molecular flexibility index (Phi) is 5.30. The predicted molar refractivity (Wildman–Crippen MR) is 139 cm³/mol. The van der Waals surface area contributed by atoms with Gasteiger partial charge in [0.25, 0.3) is 11.8 Å². The number of hydrogen-bond donors (Lipinski definition) is 2. The van der Waals surface area contributed by atoms with E-state index >= 15 is 4.39 Å². The van der Waals surface area contributed by atoms with Crippen molar-refractivity contribution in [2.45, 2.75) is 37.2 Å². The lowest BCUT2D eigenvalue weighted by Crippen LogP contribution is -2.48. The van der Waals surface area contributed by atoms with Gasteiger partial charge in [0.15, 0.2) is 29.6 Å². The highest BCUT2D eigenvalue weighted by atomic mass is 19.1. The first-order chi connectivity index (χ1) is 19.4. The highest BCUT2D eigenvalue weighted by Crippen LogP contribution is 2.39. The van der Waals surface area contributed by atoms with Gasteiger partial charge in [-0.05, 0) is 36.0 Å². The van der Waals surface area contributed by atoms with Crippen LogP contribution in [0.1, 0.15) is 35.8 Å². The van der Waals surface area contributed by atoms with Gasteiger partial charge in [0, 0.05) is 45.6 Å². The highest BCUT2D eigenvalue weighted by Gasteiger charge is 2.48. The number of ether oxygens (including phenoxy) is 2. The molecule has 0 radical (unpaired) electrons. The van der Waals surface area contributed by atoms with Gasteiger partial charge in [-0.3, -0.25) is 9.69 Å². The summed E-state index contributed by atoms with van der Waals surface area (Å²) in [7, 11) is 0. The standard InChI is InChI=1S/C27H28FN7O5/c28-21-17-6-14(5-15(17)7-18-22(21)39-24(31-18)16-8-29-9-16)11-34-3-1-27(2-4-34)13-35(26(37)40-27)19-10-30-25-23(32-19)33-20(36)12-38-25/h7,10,14,16,29H,1-6,8-9,11-13H2,(H,32,33,36). The van der Waals surface area contributed by atoms with Gasteiger partial charge < -0.3 is 29.4 Å². The molecule has 5 aliphatic rings. The summed E-state index contributed by atoms with van der Waals surface area (Å²) in [6, 6.07) is 2.01. The minimum atomic E-state index is -0.598. The van der Waals surface area contributed by atoms with E-state index < -0.39 is 11.7 Å². The third kappa shape index (κ3) is 3.90. The van der Waals surface area contributed by atoms with Crippen molar-refractivity contribution >= 4 is 34.7 Å². The second-order valence-corrected chi connectivity index (χ2v) is 11.5. The fraction of sp³-hybridized carbons (Fsp3) is 0.519. The molecule has 8 rings (SSSR count). The van der Waals surface area contributed by atoms with E-state index in [4.69, 9.17) is 13.9 Å². The molecule has 4 aliphatic heterocycles. The fourth-order valence-electron chi connectivity index (χ4n) is 6.53. The number of likely N-dealkylation sites (tertiary alicyclic amines) is 1. The summed E-state index contributed by atoms with van der Waals surface area (Å²) >= 11 is 0. The van der Waals surface area contributed by atoms with Gasteiger partial charge in [0.1, 0.15) is 11.1 Å². The molecule has 6 heterocycles. The topological polar surface area (TPSA) is 135 Å². The van der Waals surface area contributed by atoms with Gasteiger partial charge in [-0.2, -0.15) is 0 Å². The summed E-state index contributed by atoms with van der Waals surface area (Å²) in [5.74, 6) is 1.34. The molecule has 2 aromatic heterocycles. The third-order valence-corrected chi connectivity index (χ3v) is 8.82. The summed E-state index contributed by atoms with van der Waals surface area (Å²) < 4.78 is 32.4. The van der Waals surface area contributed by atoms with Crippen LogP contribution >= 0.6 is 0 Å². The summed E-state index contributed by atoms with van der Waals surface area (Å²) in [4.78, 5) is 41.4. The molecule has 13 heteroatoms. The first-order valence-corrected chi connectivity index (χ1v) is 13.8. The maximum atomic E-state index is 15.4. The largest absolute Gasteiger partial charge is 0.465 e. The van der Waals surface area contributed by atoms with Crippen molar-refractivity contribution in [1.82, 2.24) is 25.2 Å². The van der Waals surface area contributed by atoms with Crippen LogP contribution in [0.4, 0.5) is 20.8 Å². The van der Waals surface area contributed by atoms with E-state index in [0.717, 1.165) is 50.3 Å². The average Bonchev–Trinajstić information content (AvgIpc) is 3.60. The molecule has 1 spiro atoms. The number of carbonyl (C=O) groups is 2. The lowest BCUT2D eigenvalue weighted by Gasteiger charge is -2.38. The molecule has 2 amide bonds. The number of carbonyl (C=O) groups excluding carboxylic acids is 2. The zero-order valence-electron chi connectivity index (χ0n) is 21.7.